The smallest absolute Gasteiger partial charge is 0.335 e. The van der Waals surface area contributed by atoms with Gasteiger partial charge in [-0.05, 0) is 76.3 Å². The third-order valence-electron chi connectivity index (χ3n) is 3.89. The first kappa shape index (κ1) is 20.2. The van der Waals surface area contributed by atoms with Gasteiger partial charge in [0, 0.05) is 7.05 Å². The number of likely N-dealkylation sites (N-methyl/N-ethyl adjacent to an activating group) is 1. The lowest BCUT2D eigenvalue weighted by Gasteiger charge is -2.07. The number of methoxy groups -OCH3 is 1. The number of carbonyl (C=O) groups is 2. The Bertz CT molecular complexity index is 1030. The molecule has 3 rings (SSSR count). The first-order valence-corrected chi connectivity index (χ1v) is 9.86. The summed E-state index contributed by atoms with van der Waals surface area (Å²) in [5.74, 6) is -0.891. The Morgan fingerprint density at radius 1 is 1.32 bits per heavy atom. The molecule has 0 radical (unpaired) electrons. The van der Waals surface area contributed by atoms with E-state index in [1.807, 2.05) is 22.6 Å². The highest BCUT2D eigenvalue weighted by atomic mass is 127. The molecule has 1 fully saturated rings. The van der Waals surface area contributed by atoms with Crippen LogP contribution in [0.1, 0.15) is 15.9 Å². The topological polar surface area (TPSA) is 99.4 Å². The molecule has 28 heavy (non-hydrogen) atoms. The number of aliphatic imine (C=N–C) groups is 1. The van der Waals surface area contributed by atoms with Gasteiger partial charge in [0.25, 0.3) is 5.91 Å². The first-order chi connectivity index (χ1) is 13.3. The van der Waals surface area contributed by atoms with Crippen LogP contribution in [0.5, 0.6) is 11.5 Å². The first-order valence-electron chi connectivity index (χ1n) is 7.96. The number of phenols is 1. The molecule has 9 heteroatoms. The van der Waals surface area contributed by atoms with Crippen molar-refractivity contribution in [2.24, 2.45) is 4.99 Å². The molecule has 1 aliphatic heterocycles. The summed E-state index contributed by atoms with van der Waals surface area (Å²) in [5, 5.41) is 19.5. The number of amidine groups is 1. The van der Waals surface area contributed by atoms with Crippen molar-refractivity contribution in [3.63, 3.8) is 0 Å². The van der Waals surface area contributed by atoms with Gasteiger partial charge in [-0.1, -0.05) is 6.07 Å². The Morgan fingerprint density at radius 3 is 2.75 bits per heavy atom. The molecule has 0 saturated carbocycles. The van der Waals surface area contributed by atoms with Crippen molar-refractivity contribution in [3.8, 4) is 11.5 Å². The number of benzene rings is 2. The summed E-state index contributed by atoms with van der Waals surface area (Å²) < 4.78 is 5.76. The third kappa shape index (κ3) is 4.14. The lowest BCUT2D eigenvalue weighted by molar-refractivity contribution is -0.121. The van der Waals surface area contributed by atoms with Gasteiger partial charge in [-0.15, -0.1) is 0 Å². The maximum absolute atomic E-state index is 12.6. The molecule has 0 aromatic heterocycles. The maximum Gasteiger partial charge on any atom is 0.335 e. The number of halogens is 1. The van der Waals surface area contributed by atoms with Gasteiger partial charge in [-0.25, -0.2) is 9.79 Å². The second kappa shape index (κ2) is 8.23. The monoisotopic (exact) mass is 510 g/mol. The number of nitrogens with zero attached hydrogens (tertiary/aromatic N) is 2. The average molecular weight is 510 g/mol. The normalized spacial score (nSPS) is 16.8. The number of phenolic OH excluding ortho intramolecular Hbond substituents is 1. The highest BCUT2D eigenvalue weighted by Gasteiger charge is 2.30. The molecule has 0 unspecified atom stereocenters. The number of aromatic carboxylic acids is 1. The minimum atomic E-state index is -1.04. The lowest BCUT2D eigenvalue weighted by Crippen LogP contribution is -2.23. The number of rotatable bonds is 4. The van der Waals surface area contributed by atoms with E-state index in [-0.39, 0.29) is 17.2 Å². The molecule has 1 heterocycles. The van der Waals surface area contributed by atoms with Gasteiger partial charge in [0.1, 0.15) is 0 Å². The number of carboxylic acid groups (broad SMARTS) is 1. The van der Waals surface area contributed by atoms with Crippen LogP contribution < -0.4 is 4.74 Å². The average Bonchev–Trinajstić information content (AvgIpc) is 2.92. The van der Waals surface area contributed by atoms with Crippen molar-refractivity contribution < 1.29 is 24.5 Å². The second-order valence-electron chi connectivity index (χ2n) is 5.78. The zero-order chi connectivity index (χ0) is 20.4. The van der Waals surface area contributed by atoms with Gasteiger partial charge in [-0.3, -0.25) is 9.69 Å². The summed E-state index contributed by atoms with van der Waals surface area (Å²) in [6, 6.07) is 9.59. The highest BCUT2D eigenvalue weighted by molar-refractivity contribution is 14.1. The number of carboxylic acids is 1. The molecule has 0 atom stereocenters. The number of amides is 1. The van der Waals surface area contributed by atoms with E-state index < -0.39 is 5.97 Å². The van der Waals surface area contributed by atoms with Crippen LogP contribution in [0.2, 0.25) is 0 Å². The van der Waals surface area contributed by atoms with Crippen molar-refractivity contribution in [2.45, 2.75) is 0 Å². The van der Waals surface area contributed by atoms with Crippen molar-refractivity contribution in [2.75, 3.05) is 14.2 Å². The molecular weight excluding hydrogens is 495 g/mol. The summed E-state index contributed by atoms with van der Waals surface area (Å²) in [6.07, 6.45) is 1.70. The van der Waals surface area contributed by atoms with E-state index in [4.69, 9.17) is 9.84 Å². The molecule has 2 N–H and O–H groups in total. The Balaban J connectivity index is 1.94. The largest absolute Gasteiger partial charge is 0.504 e. The summed E-state index contributed by atoms with van der Waals surface area (Å²) in [4.78, 5) is 30.0. The van der Waals surface area contributed by atoms with E-state index in [0.717, 1.165) is 0 Å². The van der Waals surface area contributed by atoms with Crippen molar-refractivity contribution >= 4 is 63.2 Å². The molecule has 1 amide bonds. The van der Waals surface area contributed by atoms with Crippen LogP contribution in [0.15, 0.2) is 46.3 Å². The zero-order valence-electron chi connectivity index (χ0n) is 14.8. The molecule has 0 bridgehead atoms. The molecule has 0 aliphatic carbocycles. The summed E-state index contributed by atoms with van der Waals surface area (Å²) in [5.41, 5.74) is 1.28. The van der Waals surface area contributed by atoms with E-state index in [0.29, 0.717) is 30.6 Å². The quantitative estimate of drug-likeness (QED) is 0.478. The molecule has 1 aliphatic rings. The molecule has 2 aromatic carbocycles. The SMILES string of the molecule is COc1cc(C=C2SC(=Nc3cccc(C(=O)O)c3)N(C)C2=O)cc(I)c1O. The Morgan fingerprint density at radius 2 is 2.07 bits per heavy atom. The second-order valence-corrected chi connectivity index (χ2v) is 7.95. The molecular formula is C19H15IN2O5S. The number of carbonyl (C=O) groups excluding carboxylic acids is 1. The van der Waals surface area contributed by atoms with Gasteiger partial charge in [-0.2, -0.15) is 0 Å². The summed E-state index contributed by atoms with van der Waals surface area (Å²) >= 11 is 3.18. The van der Waals surface area contributed by atoms with Gasteiger partial charge in [0.2, 0.25) is 0 Å². The zero-order valence-corrected chi connectivity index (χ0v) is 17.8. The fourth-order valence-electron chi connectivity index (χ4n) is 2.45. The maximum atomic E-state index is 12.6. The van der Waals surface area contributed by atoms with Crippen LogP contribution in [0.25, 0.3) is 6.08 Å². The van der Waals surface area contributed by atoms with Crippen LogP contribution in [-0.4, -0.2) is 46.3 Å². The fourth-order valence-corrected chi connectivity index (χ4v) is 4.07. The van der Waals surface area contributed by atoms with Crippen LogP contribution in [0.3, 0.4) is 0 Å². The molecule has 144 valence electrons. The number of ether oxygens (including phenoxy) is 1. The van der Waals surface area contributed by atoms with Gasteiger partial charge in [0.05, 0.1) is 26.8 Å². The molecule has 1 saturated heterocycles. The number of hydrogen-bond donors (Lipinski definition) is 2. The fraction of sp³-hybridized carbons (Fsp3) is 0.105. The Kier molecular flexibility index (Phi) is 5.94. The Hall–Kier alpha value is -2.53. The van der Waals surface area contributed by atoms with E-state index in [9.17, 15) is 14.7 Å². The molecule has 7 nitrogen and oxygen atoms in total. The molecule has 0 spiro atoms. The predicted molar refractivity (Wildman–Crippen MR) is 116 cm³/mol. The number of hydrogen-bond acceptors (Lipinski definition) is 6. The van der Waals surface area contributed by atoms with Crippen LogP contribution in [0.4, 0.5) is 5.69 Å². The van der Waals surface area contributed by atoms with Crippen LogP contribution >= 0.6 is 34.4 Å². The number of aromatic hydroxyl groups is 1. The van der Waals surface area contributed by atoms with Crippen molar-refractivity contribution in [1.82, 2.24) is 4.90 Å². The molecule has 2 aromatic rings. The van der Waals surface area contributed by atoms with Crippen LogP contribution in [0, 0.1) is 3.57 Å². The van der Waals surface area contributed by atoms with Gasteiger partial charge in [0.15, 0.2) is 16.7 Å². The number of thioether (sulfide) groups is 1. The van der Waals surface area contributed by atoms with Crippen molar-refractivity contribution in [3.05, 3.63) is 56.0 Å². The minimum absolute atomic E-state index is 0.0494. The van der Waals surface area contributed by atoms with E-state index in [2.05, 4.69) is 4.99 Å². The third-order valence-corrected chi connectivity index (χ3v) is 5.77. The minimum Gasteiger partial charge on any atom is -0.504 e. The summed E-state index contributed by atoms with van der Waals surface area (Å²) in [6.45, 7) is 0. The highest BCUT2D eigenvalue weighted by Crippen LogP contribution is 2.36. The summed E-state index contributed by atoms with van der Waals surface area (Å²) in [7, 11) is 3.07. The van der Waals surface area contributed by atoms with E-state index in [1.165, 1.54) is 35.9 Å². The van der Waals surface area contributed by atoms with Gasteiger partial charge < -0.3 is 14.9 Å². The Labute approximate surface area is 178 Å². The van der Waals surface area contributed by atoms with Crippen molar-refractivity contribution in [1.29, 1.82) is 0 Å². The predicted octanol–water partition coefficient (Wildman–Crippen LogP) is 3.94. The van der Waals surface area contributed by atoms with Gasteiger partial charge >= 0.3 is 5.97 Å². The van der Waals surface area contributed by atoms with E-state index in [1.54, 1.807) is 37.4 Å². The van der Waals surface area contributed by atoms with E-state index >= 15 is 0 Å². The lowest BCUT2D eigenvalue weighted by atomic mass is 10.2. The van der Waals surface area contributed by atoms with Crippen LogP contribution in [-0.2, 0) is 4.79 Å². The standard InChI is InChI=1S/C19H15IN2O5S/c1-22-17(24)15(8-10-6-13(20)16(23)14(7-10)27-2)28-19(22)21-12-5-3-4-11(9-12)18(25)26/h3-9,23H,1-2H3,(H,25,26).